The van der Waals surface area contributed by atoms with E-state index in [2.05, 4.69) is 13.0 Å². The number of carbonyl (C=O) groups excluding carboxylic acids is 1. The number of benzene rings is 2. The summed E-state index contributed by atoms with van der Waals surface area (Å²) in [6, 6.07) is 17.0. The van der Waals surface area contributed by atoms with Crippen LogP contribution in [0.1, 0.15) is 34.3 Å². The number of carbonyl (C=O) groups is 1. The number of amides is 1. The molecule has 1 aliphatic rings. The van der Waals surface area contributed by atoms with Crippen LogP contribution in [0, 0.1) is 18.3 Å². The lowest BCUT2D eigenvalue weighted by atomic mass is 10.1. The molecule has 1 amide bonds. The third kappa shape index (κ3) is 3.75. The molecule has 0 aliphatic carbocycles. The minimum absolute atomic E-state index is 0.0131. The first-order valence-electron chi connectivity index (χ1n) is 8.18. The van der Waals surface area contributed by atoms with Gasteiger partial charge in [-0.15, -0.1) is 0 Å². The predicted molar refractivity (Wildman–Crippen MR) is 91.9 cm³/mol. The van der Waals surface area contributed by atoms with E-state index in [4.69, 9.17) is 10.00 Å². The van der Waals surface area contributed by atoms with Crippen molar-refractivity contribution in [1.29, 1.82) is 5.26 Å². The van der Waals surface area contributed by atoms with Crippen LogP contribution in [0.15, 0.2) is 48.5 Å². The minimum Gasteiger partial charge on any atom is -0.490 e. The van der Waals surface area contributed by atoms with Crippen LogP contribution in [0.5, 0.6) is 5.75 Å². The molecule has 122 valence electrons. The Morgan fingerprint density at radius 1 is 1.17 bits per heavy atom. The van der Waals surface area contributed by atoms with E-state index in [1.807, 2.05) is 29.2 Å². The summed E-state index contributed by atoms with van der Waals surface area (Å²) in [4.78, 5) is 14.4. The van der Waals surface area contributed by atoms with Crippen LogP contribution >= 0.6 is 0 Å². The second-order valence-electron chi connectivity index (χ2n) is 6.12. The Balaban J connectivity index is 1.57. The number of ether oxygens (including phenoxy) is 1. The van der Waals surface area contributed by atoms with Gasteiger partial charge in [-0.25, -0.2) is 0 Å². The maximum Gasteiger partial charge on any atom is 0.253 e. The zero-order chi connectivity index (χ0) is 16.9. The SMILES string of the molecule is Cc1ccc(OC2CCN(C(=O)c3cccc(C#N)c3)CC2)cc1. The lowest BCUT2D eigenvalue weighted by molar-refractivity contribution is 0.0595. The summed E-state index contributed by atoms with van der Waals surface area (Å²) in [5.74, 6) is 0.869. The average Bonchev–Trinajstić information content (AvgIpc) is 2.64. The van der Waals surface area contributed by atoms with Gasteiger partial charge in [0, 0.05) is 31.5 Å². The molecule has 0 spiro atoms. The summed E-state index contributed by atoms with van der Waals surface area (Å²) >= 11 is 0. The van der Waals surface area contributed by atoms with Gasteiger partial charge in [-0.05, 0) is 37.3 Å². The van der Waals surface area contributed by atoms with E-state index in [1.165, 1.54) is 5.56 Å². The van der Waals surface area contributed by atoms with Crippen molar-refractivity contribution in [1.82, 2.24) is 4.90 Å². The van der Waals surface area contributed by atoms with Crippen molar-refractivity contribution in [2.75, 3.05) is 13.1 Å². The molecule has 2 aromatic rings. The highest BCUT2D eigenvalue weighted by Crippen LogP contribution is 2.20. The molecule has 4 nitrogen and oxygen atoms in total. The highest BCUT2D eigenvalue weighted by Gasteiger charge is 2.24. The quantitative estimate of drug-likeness (QED) is 0.869. The standard InChI is InChI=1S/C20H20N2O2/c1-15-5-7-18(8-6-15)24-19-9-11-22(12-10-19)20(23)17-4-2-3-16(13-17)14-21/h2-8,13,19H,9-12H2,1H3. The molecule has 0 radical (unpaired) electrons. The van der Waals surface area contributed by atoms with Gasteiger partial charge < -0.3 is 9.64 Å². The van der Waals surface area contributed by atoms with Crippen LogP contribution < -0.4 is 4.74 Å². The maximum absolute atomic E-state index is 12.5. The lowest BCUT2D eigenvalue weighted by Crippen LogP contribution is -2.41. The van der Waals surface area contributed by atoms with Gasteiger partial charge in [0.05, 0.1) is 11.6 Å². The molecule has 0 N–H and O–H groups in total. The van der Waals surface area contributed by atoms with Gasteiger partial charge >= 0.3 is 0 Å². The van der Waals surface area contributed by atoms with Crippen molar-refractivity contribution >= 4 is 5.91 Å². The summed E-state index contributed by atoms with van der Waals surface area (Å²) in [5, 5.41) is 8.95. The predicted octanol–water partition coefficient (Wildman–Crippen LogP) is 3.55. The number of piperidine rings is 1. The number of nitrogens with zero attached hydrogens (tertiary/aromatic N) is 2. The number of nitriles is 1. The first kappa shape index (κ1) is 16.1. The molecule has 1 aliphatic heterocycles. The second-order valence-corrected chi connectivity index (χ2v) is 6.12. The largest absolute Gasteiger partial charge is 0.490 e. The summed E-state index contributed by atoms with van der Waals surface area (Å²) < 4.78 is 6.00. The Morgan fingerprint density at radius 2 is 1.88 bits per heavy atom. The van der Waals surface area contributed by atoms with E-state index in [9.17, 15) is 4.79 Å². The minimum atomic E-state index is -0.0131. The van der Waals surface area contributed by atoms with Crippen LogP contribution in [0.25, 0.3) is 0 Å². The Hall–Kier alpha value is -2.80. The molecule has 3 rings (SSSR count). The molecule has 1 saturated heterocycles. The Morgan fingerprint density at radius 3 is 2.54 bits per heavy atom. The van der Waals surface area contributed by atoms with Gasteiger partial charge in [0.25, 0.3) is 5.91 Å². The van der Waals surface area contributed by atoms with E-state index in [-0.39, 0.29) is 12.0 Å². The zero-order valence-electron chi connectivity index (χ0n) is 13.7. The number of aryl methyl sites for hydroxylation is 1. The van der Waals surface area contributed by atoms with Crippen LogP contribution in [-0.2, 0) is 0 Å². The third-order valence-electron chi connectivity index (χ3n) is 4.29. The zero-order valence-corrected chi connectivity index (χ0v) is 13.7. The molecule has 2 aromatic carbocycles. The Bertz CT molecular complexity index is 754. The number of hydrogen-bond donors (Lipinski definition) is 0. The van der Waals surface area contributed by atoms with E-state index in [0.717, 1.165) is 18.6 Å². The summed E-state index contributed by atoms with van der Waals surface area (Å²) in [6.07, 6.45) is 1.77. The summed E-state index contributed by atoms with van der Waals surface area (Å²) in [7, 11) is 0. The first-order chi connectivity index (χ1) is 11.7. The molecule has 1 fully saturated rings. The molecule has 0 saturated carbocycles. The van der Waals surface area contributed by atoms with Crippen LogP contribution in [0.4, 0.5) is 0 Å². The molecule has 0 atom stereocenters. The molecule has 0 aromatic heterocycles. The van der Waals surface area contributed by atoms with Gasteiger partial charge in [0.1, 0.15) is 11.9 Å². The maximum atomic E-state index is 12.5. The molecule has 24 heavy (non-hydrogen) atoms. The van der Waals surface area contributed by atoms with Gasteiger partial charge in [0.15, 0.2) is 0 Å². The van der Waals surface area contributed by atoms with Crippen LogP contribution in [0.2, 0.25) is 0 Å². The van der Waals surface area contributed by atoms with Crippen molar-refractivity contribution in [3.05, 3.63) is 65.2 Å². The number of hydrogen-bond acceptors (Lipinski definition) is 3. The topological polar surface area (TPSA) is 53.3 Å². The molecule has 0 unspecified atom stereocenters. The smallest absolute Gasteiger partial charge is 0.253 e. The third-order valence-corrected chi connectivity index (χ3v) is 4.29. The Kier molecular flexibility index (Phi) is 4.81. The highest BCUT2D eigenvalue weighted by molar-refractivity contribution is 5.94. The molecular formula is C20H20N2O2. The number of likely N-dealkylation sites (tertiary alicyclic amines) is 1. The van der Waals surface area contributed by atoms with Gasteiger partial charge in [-0.3, -0.25) is 4.79 Å². The van der Waals surface area contributed by atoms with Crippen molar-refractivity contribution in [2.45, 2.75) is 25.9 Å². The van der Waals surface area contributed by atoms with E-state index >= 15 is 0 Å². The first-order valence-corrected chi connectivity index (χ1v) is 8.18. The number of rotatable bonds is 3. The highest BCUT2D eigenvalue weighted by atomic mass is 16.5. The van der Waals surface area contributed by atoms with Crippen LogP contribution in [0.3, 0.4) is 0 Å². The second kappa shape index (κ2) is 7.18. The molecule has 4 heteroatoms. The van der Waals surface area contributed by atoms with Gasteiger partial charge in [-0.2, -0.15) is 5.26 Å². The summed E-state index contributed by atoms with van der Waals surface area (Å²) in [5.41, 5.74) is 2.30. The van der Waals surface area contributed by atoms with E-state index in [1.54, 1.807) is 24.3 Å². The lowest BCUT2D eigenvalue weighted by Gasteiger charge is -2.32. The van der Waals surface area contributed by atoms with Crippen molar-refractivity contribution < 1.29 is 9.53 Å². The van der Waals surface area contributed by atoms with E-state index < -0.39 is 0 Å². The fourth-order valence-corrected chi connectivity index (χ4v) is 2.89. The monoisotopic (exact) mass is 320 g/mol. The molecule has 0 bridgehead atoms. The average molecular weight is 320 g/mol. The van der Waals surface area contributed by atoms with Crippen molar-refractivity contribution in [3.63, 3.8) is 0 Å². The van der Waals surface area contributed by atoms with Gasteiger partial charge in [0.2, 0.25) is 0 Å². The normalized spacial score (nSPS) is 14.9. The molecular weight excluding hydrogens is 300 g/mol. The molecule has 1 heterocycles. The van der Waals surface area contributed by atoms with Crippen molar-refractivity contribution in [2.24, 2.45) is 0 Å². The fraction of sp³-hybridized carbons (Fsp3) is 0.300. The fourth-order valence-electron chi connectivity index (χ4n) is 2.89. The van der Waals surface area contributed by atoms with Gasteiger partial charge in [-0.1, -0.05) is 23.8 Å². The summed E-state index contributed by atoms with van der Waals surface area (Å²) in [6.45, 7) is 3.40. The van der Waals surface area contributed by atoms with Crippen molar-refractivity contribution in [3.8, 4) is 11.8 Å². The Labute approximate surface area is 142 Å². The van der Waals surface area contributed by atoms with Crippen LogP contribution in [-0.4, -0.2) is 30.0 Å². The van der Waals surface area contributed by atoms with E-state index in [0.29, 0.717) is 24.2 Å².